The SMILES string of the molecule is FC(F)(F)c1cccc(CCC2CCCN2)c1. The molecule has 4 heteroatoms. The first kappa shape index (κ1) is 12.4. The van der Waals surface area contributed by atoms with Crippen molar-refractivity contribution in [3.05, 3.63) is 35.4 Å². The highest BCUT2D eigenvalue weighted by molar-refractivity contribution is 5.25. The van der Waals surface area contributed by atoms with Gasteiger partial charge in [-0.15, -0.1) is 0 Å². The zero-order valence-electron chi connectivity index (χ0n) is 9.56. The van der Waals surface area contributed by atoms with E-state index in [1.807, 2.05) is 0 Å². The van der Waals surface area contributed by atoms with Crippen molar-refractivity contribution >= 4 is 0 Å². The Morgan fingerprint density at radius 3 is 2.76 bits per heavy atom. The molecule has 0 aliphatic carbocycles. The summed E-state index contributed by atoms with van der Waals surface area (Å²) < 4.78 is 37.5. The molecule has 1 saturated heterocycles. The van der Waals surface area contributed by atoms with Gasteiger partial charge in [0.2, 0.25) is 0 Å². The topological polar surface area (TPSA) is 12.0 Å². The number of hydrogen-bond acceptors (Lipinski definition) is 1. The van der Waals surface area contributed by atoms with Gasteiger partial charge in [0, 0.05) is 6.04 Å². The fraction of sp³-hybridized carbons (Fsp3) is 0.538. The van der Waals surface area contributed by atoms with Crippen LogP contribution in [0.25, 0.3) is 0 Å². The molecule has 1 aromatic rings. The molecular weight excluding hydrogens is 227 g/mol. The molecule has 1 unspecified atom stereocenters. The predicted octanol–water partition coefficient (Wildman–Crippen LogP) is 3.39. The predicted molar refractivity (Wildman–Crippen MR) is 60.8 cm³/mol. The fourth-order valence-corrected chi connectivity index (χ4v) is 2.25. The minimum absolute atomic E-state index is 0.476. The van der Waals surface area contributed by atoms with Crippen LogP contribution in [0.3, 0.4) is 0 Å². The van der Waals surface area contributed by atoms with Crippen molar-refractivity contribution in [2.45, 2.75) is 37.9 Å². The van der Waals surface area contributed by atoms with Crippen LogP contribution >= 0.6 is 0 Å². The lowest BCUT2D eigenvalue weighted by Crippen LogP contribution is -2.21. The summed E-state index contributed by atoms with van der Waals surface area (Å²) in [7, 11) is 0. The highest BCUT2D eigenvalue weighted by Crippen LogP contribution is 2.29. The van der Waals surface area contributed by atoms with Gasteiger partial charge in [-0.05, 0) is 43.9 Å². The van der Waals surface area contributed by atoms with Crippen LogP contribution in [-0.2, 0) is 12.6 Å². The number of aryl methyl sites for hydroxylation is 1. The third-order valence-electron chi connectivity index (χ3n) is 3.20. The average Bonchev–Trinajstić information content (AvgIpc) is 2.78. The Balaban J connectivity index is 1.96. The monoisotopic (exact) mass is 243 g/mol. The first-order valence-corrected chi connectivity index (χ1v) is 5.95. The molecule has 1 aromatic carbocycles. The van der Waals surface area contributed by atoms with E-state index < -0.39 is 11.7 Å². The summed E-state index contributed by atoms with van der Waals surface area (Å²) in [6.07, 6.45) is -0.295. The maximum Gasteiger partial charge on any atom is 0.416 e. The molecule has 0 amide bonds. The van der Waals surface area contributed by atoms with Crippen molar-refractivity contribution in [2.75, 3.05) is 6.54 Å². The minimum atomic E-state index is -4.23. The maximum atomic E-state index is 12.5. The van der Waals surface area contributed by atoms with Crippen LogP contribution < -0.4 is 5.32 Å². The molecule has 2 rings (SSSR count). The molecule has 1 aliphatic rings. The van der Waals surface area contributed by atoms with E-state index in [1.165, 1.54) is 18.6 Å². The first-order chi connectivity index (χ1) is 8.05. The van der Waals surface area contributed by atoms with Crippen LogP contribution in [0.2, 0.25) is 0 Å². The molecule has 0 spiro atoms. The normalized spacial score (nSPS) is 20.8. The Labute approximate surface area is 99.0 Å². The van der Waals surface area contributed by atoms with Crippen LogP contribution in [0.15, 0.2) is 24.3 Å². The standard InChI is InChI=1S/C13H16F3N/c14-13(15,16)11-4-1-3-10(9-11)6-7-12-5-2-8-17-12/h1,3-4,9,12,17H,2,5-8H2. The van der Waals surface area contributed by atoms with Crippen molar-refractivity contribution in [1.29, 1.82) is 0 Å². The summed E-state index contributed by atoms with van der Waals surface area (Å²) in [6, 6.07) is 6.11. The summed E-state index contributed by atoms with van der Waals surface area (Å²) in [4.78, 5) is 0. The van der Waals surface area contributed by atoms with Gasteiger partial charge in [-0.25, -0.2) is 0 Å². The Morgan fingerprint density at radius 1 is 1.29 bits per heavy atom. The van der Waals surface area contributed by atoms with Gasteiger partial charge in [0.15, 0.2) is 0 Å². The van der Waals surface area contributed by atoms with Gasteiger partial charge in [0.25, 0.3) is 0 Å². The van der Waals surface area contributed by atoms with E-state index >= 15 is 0 Å². The summed E-state index contributed by atoms with van der Waals surface area (Å²) in [5.41, 5.74) is 0.225. The molecule has 1 N–H and O–H groups in total. The Bertz CT molecular complexity index is 367. The second kappa shape index (κ2) is 5.08. The van der Waals surface area contributed by atoms with Crippen molar-refractivity contribution in [3.8, 4) is 0 Å². The zero-order chi connectivity index (χ0) is 12.3. The lowest BCUT2D eigenvalue weighted by Gasteiger charge is -2.11. The molecule has 17 heavy (non-hydrogen) atoms. The third-order valence-corrected chi connectivity index (χ3v) is 3.20. The van der Waals surface area contributed by atoms with Crippen molar-refractivity contribution in [1.82, 2.24) is 5.32 Å². The van der Waals surface area contributed by atoms with Crippen LogP contribution in [0.4, 0.5) is 13.2 Å². The number of alkyl halides is 3. The Hall–Kier alpha value is -1.03. The van der Waals surface area contributed by atoms with E-state index in [2.05, 4.69) is 5.32 Å². The summed E-state index contributed by atoms with van der Waals surface area (Å²) in [5.74, 6) is 0. The van der Waals surface area contributed by atoms with Crippen molar-refractivity contribution < 1.29 is 13.2 Å². The Morgan fingerprint density at radius 2 is 2.12 bits per heavy atom. The number of benzene rings is 1. The number of hydrogen-bond donors (Lipinski definition) is 1. The molecule has 1 atom stereocenters. The summed E-state index contributed by atoms with van der Waals surface area (Å²) in [5, 5.41) is 3.35. The van der Waals surface area contributed by atoms with Crippen LogP contribution in [0.5, 0.6) is 0 Å². The Kier molecular flexibility index (Phi) is 3.72. The smallest absolute Gasteiger partial charge is 0.314 e. The van der Waals surface area contributed by atoms with Crippen molar-refractivity contribution in [2.24, 2.45) is 0 Å². The minimum Gasteiger partial charge on any atom is -0.314 e. The molecular formula is C13H16F3N. The van der Waals surface area contributed by atoms with Crippen LogP contribution in [0.1, 0.15) is 30.4 Å². The van der Waals surface area contributed by atoms with Crippen LogP contribution in [0, 0.1) is 0 Å². The van der Waals surface area contributed by atoms with E-state index in [0.29, 0.717) is 12.5 Å². The largest absolute Gasteiger partial charge is 0.416 e. The molecule has 1 fully saturated rings. The molecule has 0 aromatic heterocycles. The highest BCUT2D eigenvalue weighted by atomic mass is 19.4. The number of rotatable bonds is 3. The highest BCUT2D eigenvalue weighted by Gasteiger charge is 2.30. The van der Waals surface area contributed by atoms with E-state index in [-0.39, 0.29) is 0 Å². The summed E-state index contributed by atoms with van der Waals surface area (Å²) >= 11 is 0. The molecule has 0 radical (unpaired) electrons. The van der Waals surface area contributed by atoms with Gasteiger partial charge in [0.1, 0.15) is 0 Å². The van der Waals surface area contributed by atoms with Gasteiger partial charge < -0.3 is 5.32 Å². The number of halogens is 3. The van der Waals surface area contributed by atoms with E-state index in [4.69, 9.17) is 0 Å². The van der Waals surface area contributed by atoms with Gasteiger partial charge in [0.05, 0.1) is 5.56 Å². The molecule has 94 valence electrons. The maximum absolute atomic E-state index is 12.5. The second-order valence-corrected chi connectivity index (χ2v) is 4.53. The molecule has 1 aliphatic heterocycles. The fourth-order valence-electron chi connectivity index (χ4n) is 2.25. The summed E-state index contributed by atoms with van der Waals surface area (Å²) in [6.45, 7) is 1.03. The van der Waals surface area contributed by atoms with Crippen molar-refractivity contribution in [3.63, 3.8) is 0 Å². The molecule has 1 nitrogen and oxygen atoms in total. The average molecular weight is 243 g/mol. The van der Waals surface area contributed by atoms with Gasteiger partial charge in [-0.2, -0.15) is 13.2 Å². The van der Waals surface area contributed by atoms with E-state index in [9.17, 15) is 13.2 Å². The third kappa shape index (κ3) is 3.46. The van der Waals surface area contributed by atoms with E-state index in [1.54, 1.807) is 6.07 Å². The van der Waals surface area contributed by atoms with Crippen LogP contribution in [-0.4, -0.2) is 12.6 Å². The quantitative estimate of drug-likeness (QED) is 0.858. The molecule has 0 bridgehead atoms. The van der Waals surface area contributed by atoms with E-state index in [0.717, 1.165) is 31.0 Å². The lowest BCUT2D eigenvalue weighted by atomic mass is 10.0. The molecule has 0 saturated carbocycles. The number of nitrogens with one attached hydrogen (secondary N) is 1. The molecule has 1 heterocycles. The van der Waals surface area contributed by atoms with Gasteiger partial charge in [-0.1, -0.05) is 18.2 Å². The van der Waals surface area contributed by atoms with Gasteiger partial charge >= 0.3 is 6.18 Å². The zero-order valence-corrected chi connectivity index (χ0v) is 9.56. The van der Waals surface area contributed by atoms with Gasteiger partial charge in [-0.3, -0.25) is 0 Å². The lowest BCUT2D eigenvalue weighted by molar-refractivity contribution is -0.137. The first-order valence-electron chi connectivity index (χ1n) is 5.95. The second-order valence-electron chi connectivity index (χ2n) is 4.53.